The van der Waals surface area contributed by atoms with Gasteiger partial charge in [-0.1, -0.05) is 46.9 Å². The lowest BCUT2D eigenvalue weighted by molar-refractivity contribution is 0.0586. The van der Waals surface area contributed by atoms with Crippen LogP contribution in [0.15, 0.2) is 47.3 Å². The van der Waals surface area contributed by atoms with Crippen molar-refractivity contribution in [3.8, 4) is 0 Å². The Bertz CT molecular complexity index is 1040. The number of hydrogen-bond donors (Lipinski definition) is 2. The van der Waals surface area contributed by atoms with E-state index in [1.807, 2.05) is 11.0 Å². The van der Waals surface area contributed by atoms with Crippen molar-refractivity contribution >= 4 is 46.4 Å². The molecule has 4 rings (SSSR count). The molecule has 166 valence electrons. The van der Waals surface area contributed by atoms with E-state index in [9.17, 15) is 14.8 Å². The summed E-state index contributed by atoms with van der Waals surface area (Å²) in [6.07, 6.45) is -0.0170. The first kappa shape index (κ1) is 22.4. The van der Waals surface area contributed by atoms with Crippen LogP contribution >= 0.6 is 34.8 Å². The highest BCUT2D eigenvalue weighted by Gasteiger charge is 2.44. The van der Waals surface area contributed by atoms with Gasteiger partial charge in [-0.3, -0.25) is 19.7 Å². The highest BCUT2D eigenvalue weighted by Crippen LogP contribution is 2.40. The van der Waals surface area contributed by atoms with Crippen molar-refractivity contribution in [1.82, 2.24) is 14.8 Å². The quantitative estimate of drug-likeness (QED) is 0.509. The number of piperidine rings is 1. The standard InChI is InChI=1S/C20H20Cl3N4O4/c21-20(22,23)19(24-18(29)13-3-1-4-15(8-13)27(30)31)25-9-12-7-14(11-25)16-5-2-6-17(28)26(16)10-12/h1-6,8,12,14,19,30H,7,9-11H2,(H,24,29)/q-1. The van der Waals surface area contributed by atoms with Gasteiger partial charge >= 0.3 is 0 Å². The van der Waals surface area contributed by atoms with E-state index in [0.717, 1.165) is 12.1 Å². The number of rotatable bonds is 4. The number of carbonyl (C=O) groups is 1. The van der Waals surface area contributed by atoms with Gasteiger partial charge in [0, 0.05) is 42.9 Å². The van der Waals surface area contributed by atoms with Crippen molar-refractivity contribution in [1.29, 1.82) is 0 Å². The Morgan fingerprint density at radius 1 is 1.19 bits per heavy atom. The molecule has 1 fully saturated rings. The number of likely N-dealkylation sites (tertiary alicyclic amines) is 1. The highest BCUT2D eigenvalue weighted by atomic mass is 35.6. The summed E-state index contributed by atoms with van der Waals surface area (Å²) in [5.74, 6) is -0.308. The van der Waals surface area contributed by atoms with E-state index in [0.29, 0.717) is 19.6 Å². The van der Waals surface area contributed by atoms with Crippen molar-refractivity contribution < 1.29 is 10.0 Å². The molecule has 2 bridgehead atoms. The van der Waals surface area contributed by atoms with Gasteiger partial charge < -0.3 is 20.3 Å². The lowest BCUT2D eigenvalue weighted by Gasteiger charge is -2.47. The number of fused-ring (bicyclic) bond motifs is 4. The van der Waals surface area contributed by atoms with Crippen LogP contribution in [-0.2, 0) is 6.54 Å². The van der Waals surface area contributed by atoms with Gasteiger partial charge in [0.15, 0.2) is 0 Å². The van der Waals surface area contributed by atoms with E-state index in [1.165, 1.54) is 24.3 Å². The maximum atomic E-state index is 12.8. The summed E-state index contributed by atoms with van der Waals surface area (Å²) in [4.78, 5) is 27.0. The van der Waals surface area contributed by atoms with Gasteiger partial charge in [-0.15, -0.1) is 0 Å². The fourth-order valence-corrected chi connectivity index (χ4v) is 5.08. The second kappa shape index (κ2) is 8.61. The summed E-state index contributed by atoms with van der Waals surface area (Å²) >= 11 is 18.7. The summed E-state index contributed by atoms with van der Waals surface area (Å²) in [5.41, 5.74) is 0.963. The van der Waals surface area contributed by atoms with Crippen LogP contribution in [0.4, 0.5) is 5.69 Å². The Morgan fingerprint density at radius 2 is 1.94 bits per heavy atom. The van der Waals surface area contributed by atoms with Crippen molar-refractivity contribution in [3.05, 3.63) is 69.3 Å². The van der Waals surface area contributed by atoms with Gasteiger partial charge in [-0.25, -0.2) is 0 Å². The second-order valence-electron chi connectivity index (χ2n) is 7.89. The molecule has 0 radical (unpaired) electrons. The number of amides is 1. The average molecular weight is 487 g/mol. The van der Waals surface area contributed by atoms with Gasteiger partial charge in [0.05, 0.1) is 5.69 Å². The predicted octanol–water partition coefficient (Wildman–Crippen LogP) is 3.09. The van der Waals surface area contributed by atoms with Gasteiger partial charge in [-0.05, 0) is 36.6 Å². The van der Waals surface area contributed by atoms with Gasteiger partial charge in [0.2, 0.25) is 3.79 Å². The molecule has 2 aliphatic heterocycles. The summed E-state index contributed by atoms with van der Waals surface area (Å²) in [6, 6.07) is 10.8. The Labute approximate surface area is 193 Å². The van der Waals surface area contributed by atoms with Crippen LogP contribution < -0.4 is 16.1 Å². The monoisotopic (exact) mass is 485 g/mol. The molecule has 1 saturated heterocycles. The fourth-order valence-electron chi connectivity index (χ4n) is 4.50. The molecule has 1 aromatic carbocycles. The molecule has 11 heteroatoms. The van der Waals surface area contributed by atoms with Crippen LogP contribution in [0.5, 0.6) is 0 Å². The fraction of sp³-hybridized carbons (Fsp3) is 0.400. The Morgan fingerprint density at radius 3 is 2.65 bits per heavy atom. The molecule has 3 heterocycles. The van der Waals surface area contributed by atoms with Crippen molar-refractivity contribution in [3.63, 3.8) is 0 Å². The third kappa shape index (κ3) is 4.69. The van der Waals surface area contributed by atoms with Crippen LogP contribution in [0.3, 0.4) is 0 Å². The molecule has 2 N–H and O–H groups in total. The zero-order chi connectivity index (χ0) is 22.3. The number of nitrogens with zero attached hydrogens (tertiary/aromatic N) is 3. The smallest absolute Gasteiger partial charge is 0.252 e. The summed E-state index contributed by atoms with van der Waals surface area (Å²) in [6.45, 7) is 1.62. The molecule has 2 aromatic rings. The summed E-state index contributed by atoms with van der Waals surface area (Å²) < 4.78 is -0.0228. The molecule has 0 aliphatic carbocycles. The minimum absolute atomic E-state index is 0.0249. The average Bonchev–Trinajstić information content (AvgIpc) is 2.71. The first-order chi connectivity index (χ1) is 14.6. The van der Waals surface area contributed by atoms with Crippen LogP contribution in [0.2, 0.25) is 0 Å². The van der Waals surface area contributed by atoms with E-state index >= 15 is 0 Å². The highest BCUT2D eigenvalue weighted by molar-refractivity contribution is 6.68. The SMILES string of the molecule is O=C(NC(N1CC2CC(C1)c1cccc(=O)n1C2)C(Cl)(Cl)Cl)c1cccc(N([O-])O)c1. The molecule has 0 spiro atoms. The Hall–Kier alpha value is -1.81. The van der Waals surface area contributed by atoms with Crippen LogP contribution in [0.25, 0.3) is 0 Å². The first-order valence-electron chi connectivity index (χ1n) is 9.71. The Balaban J connectivity index is 1.58. The number of hydrogen-bond acceptors (Lipinski definition) is 6. The maximum absolute atomic E-state index is 12.8. The van der Waals surface area contributed by atoms with Crippen LogP contribution in [0.1, 0.15) is 28.4 Å². The number of carbonyl (C=O) groups excluding carboxylic acids is 1. The molecule has 3 unspecified atom stereocenters. The zero-order valence-electron chi connectivity index (χ0n) is 16.2. The molecule has 1 aromatic heterocycles. The molecule has 2 aliphatic rings. The minimum atomic E-state index is -1.82. The number of aromatic nitrogens is 1. The normalized spacial score (nSPS) is 21.8. The summed E-state index contributed by atoms with van der Waals surface area (Å²) in [7, 11) is 0. The van der Waals surface area contributed by atoms with Crippen LogP contribution in [-0.4, -0.2) is 43.6 Å². The number of alkyl halides is 3. The van der Waals surface area contributed by atoms with Crippen molar-refractivity contribution in [2.75, 3.05) is 18.3 Å². The number of benzene rings is 1. The minimum Gasteiger partial charge on any atom is -0.733 e. The van der Waals surface area contributed by atoms with Crippen LogP contribution in [0, 0.1) is 11.1 Å². The van der Waals surface area contributed by atoms with Gasteiger partial charge in [-0.2, -0.15) is 0 Å². The predicted molar refractivity (Wildman–Crippen MR) is 119 cm³/mol. The third-order valence-electron chi connectivity index (χ3n) is 5.78. The zero-order valence-corrected chi connectivity index (χ0v) is 18.5. The van der Waals surface area contributed by atoms with E-state index in [2.05, 4.69) is 5.32 Å². The largest absolute Gasteiger partial charge is 0.733 e. The van der Waals surface area contributed by atoms with Crippen molar-refractivity contribution in [2.24, 2.45) is 5.92 Å². The maximum Gasteiger partial charge on any atom is 0.252 e. The lowest BCUT2D eigenvalue weighted by atomic mass is 9.83. The van der Waals surface area contributed by atoms with E-state index in [-0.39, 0.29) is 33.9 Å². The molecule has 3 atom stereocenters. The van der Waals surface area contributed by atoms with Gasteiger partial charge in [0.25, 0.3) is 11.5 Å². The van der Waals surface area contributed by atoms with Crippen molar-refractivity contribution in [2.45, 2.75) is 28.8 Å². The van der Waals surface area contributed by atoms with E-state index in [1.54, 1.807) is 16.7 Å². The van der Waals surface area contributed by atoms with E-state index in [4.69, 9.17) is 40.0 Å². The number of pyridine rings is 1. The number of halogens is 3. The molecule has 1 amide bonds. The molecular formula is C20H20Cl3N4O4-. The molecule has 8 nitrogen and oxygen atoms in total. The van der Waals surface area contributed by atoms with Gasteiger partial charge in [0.1, 0.15) is 6.17 Å². The number of nitrogens with one attached hydrogen (secondary N) is 1. The third-order valence-corrected chi connectivity index (χ3v) is 6.40. The van der Waals surface area contributed by atoms with E-state index < -0.39 is 15.9 Å². The summed E-state index contributed by atoms with van der Waals surface area (Å²) in [5, 5.41) is 22.6. The Kier molecular flexibility index (Phi) is 6.22. The first-order valence-corrected chi connectivity index (χ1v) is 10.8. The molecular weight excluding hydrogens is 467 g/mol. The number of anilines is 1. The molecule has 0 saturated carbocycles. The topological polar surface area (TPSA) is 101 Å². The molecule has 31 heavy (non-hydrogen) atoms. The second-order valence-corrected chi connectivity index (χ2v) is 10.3. The lowest BCUT2D eigenvalue weighted by Crippen LogP contribution is -2.60.